The van der Waals surface area contributed by atoms with Crippen molar-refractivity contribution >= 4 is 21.7 Å². The van der Waals surface area contributed by atoms with Gasteiger partial charge in [0.2, 0.25) is 5.69 Å². The molecule has 1 unspecified atom stereocenters. The number of nitrogens with one attached hydrogen (secondary N) is 1. The highest BCUT2D eigenvalue weighted by Crippen LogP contribution is 2.29. The molecule has 0 bridgehead atoms. The van der Waals surface area contributed by atoms with Crippen LogP contribution in [0, 0.1) is 30.4 Å². The van der Waals surface area contributed by atoms with E-state index < -0.39 is 10.1 Å². The maximum absolute atomic E-state index is 12.8. The van der Waals surface area contributed by atoms with Crippen molar-refractivity contribution in [3.8, 4) is 11.8 Å². The summed E-state index contributed by atoms with van der Waals surface area (Å²) in [4.78, 5) is 17.5. The molecule has 1 aliphatic rings. The standard InChI is InChI=1S/C32H39N5O5S/c1-23-13-19-37(39)25(3)31(23)32(38)34-16-12-24(2)35-17-14-29(15-18-35)36(22-27-7-5-6-26(20-27)21-33)28-8-10-30(11-9-28)42-43(4,40)41/h5-11,13,19-20,24,29H,12,14-18,22H2,1-4H3,(H,34,38). The molecule has 1 fully saturated rings. The summed E-state index contributed by atoms with van der Waals surface area (Å²) >= 11 is 0. The molecule has 228 valence electrons. The van der Waals surface area contributed by atoms with E-state index in [9.17, 15) is 23.7 Å². The number of nitrogens with zero attached hydrogens (tertiary/aromatic N) is 4. The number of likely N-dealkylation sites (tertiary alicyclic amines) is 1. The van der Waals surface area contributed by atoms with Gasteiger partial charge >= 0.3 is 10.1 Å². The summed E-state index contributed by atoms with van der Waals surface area (Å²) in [5.41, 5.74) is 4.18. The van der Waals surface area contributed by atoms with E-state index in [0.29, 0.717) is 29.9 Å². The van der Waals surface area contributed by atoms with Crippen LogP contribution in [0.15, 0.2) is 60.8 Å². The van der Waals surface area contributed by atoms with Crippen LogP contribution < -0.4 is 19.1 Å². The minimum atomic E-state index is -3.62. The maximum Gasteiger partial charge on any atom is 0.306 e. The smallest absolute Gasteiger partial charge is 0.306 e. The molecule has 1 aliphatic heterocycles. The van der Waals surface area contributed by atoms with Gasteiger partial charge in [-0.25, -0.2) is 0 Å². The molecule has 0 aliphatic carbocycles. The van der Waals surface area contributed by atoms with Crippen LogP contribution in [-0.4, -0.2) is 57.2 Å². The first-order valence-electron chi connectivity index (χ1n) is 14.4. The van der Waals surface area contributed by atoms with Crippen molar-refractivity contribution in [2.45, 2.75) is 58.7 Å². The monoisotopic (exact) mass is 605 g/mol. The predicted octanol–water partition coefficient (Wildman–Crippen LogP) is 3.83. The number of rotatable bonds is 11. The van der Waals surface area contributed by atoms with Gasteiger partial charge in [0.1, 0.15) is 11.3 Å². The minimum Gasteiger partial charge on any atom is -0.618 e. The fraction of sp³-hybridized carbons (Fsp3) is 0.406. The number of piperidine rings is 1. The number of nitriles is 1. The van der Waals surface area contributed by atoms with Gasteiger partial charge in [0, 0.05) is 56.9 Å². The Bertz CT molecular complexity index is 1580. The quantitative estimate of drug-likeness (QED) is 0.198. The Labute approximate surface area is 254 Å². The SMILES string of the molecule is Cc1cc[n+]([O-])c(C)c1C(=O)NCCC(C)N1CCC(N(Cc2cccc(C#N)c2)c2ccc(OS(C)(=O)=O)cc2)CC1. The van der Waals surface area contributed by atoms with Crippen LogP contribution >= 0.6 is 0 Å². The van der Waals surface area contributed by atoms with E-state index in [4.69, 9.17) is 4.18 Å². The molecule has 43 heavy (non-hydrogen) atoms. The highest BCUT2D eigenvalue weighted by atomic mass is 32.2. The molecule has 2 aromatic carbocycles. The molecule has 1 amide bonds. The second-order valence-electron chi connectivity index (χ2n) is 11.2. The zero-order chi connectivity index (χ0) is 31.1. The molecule has 3 aromatic rings. The van der Waals surface area contributed by atoms with Crippen molar-refractivity contribution in [3.05, 3.63) is 93.9 Å². The topological polar surface area (TPSA) is 130 Å². The van der Waals surface area contributed by atoms with Crippen molar-refractivity contribution < 1.29 is 22.1 Å². The first-order valence-corrected chi connectivity index (χ1v) is 16.2. The zero-order valence-electron chi connectivity index (χ0n) is 25.1. The number of hydrogen-bond acceptors (Lipinski definition) is 8. The molecule has 0 radical (unpaired) electrons. The Balaban J connectivity index is 1.39. The third-order valence-electron chi connectivity index (χ3n) is 8.01. The van der Waals surface area contributed by atoms with E-state index in [-0.39, 0.29) is 23.7 Å². The molecule has 4 rings (SSSR count). The molecule has 1 saturated heterocycles. The summed E-state index contributed by atoms with van der Waals surface area (Å²) in [6, 6.07) is 19.0. The van der Waals surface area contributed by atoms with Crippen LogP contribution in [0.1, 0.15) is 58.9 Å². The predicted molar refractivity (Wildman–Crippen MR) is 165 cm³/mol. The van der Waals surface area contributed by atoms with Crippen molar-refractivity contribution in [2.75, 3.05) is 30.8 Å². The van der Waals surface area contributed by atoms with E-state index in [1.54, 1.807) is 31.2 Å². The molecule has 1 aromatic heterocycles. The zero-order valence-corrected chi connectivity index (χ0v) is 25.9. The number of aromatic nitrogens is 1. The first kappa shape index (κ1) is 31.8. The molecular weight excluding hydrogens is 566 g/mol. The Morgan fingerprint density at radius 3 is 2.53 bits per heavy atom. The van der Waals surface area contributed by atoms with E-state index in [1.165, 1.54) is 6.20 Å². The normalized spacial score (nSPS) is 15.0. The molecule has 1 atom stereocenters. The van der Waals surface area contributed by atoms with E-state index in [0.717, 1.165) is 60.2 Å². The Hall–Kier alpha value is -4.14. The fourth-order valence-corrected chi connectivity index (χ4v) is 6.11. The summed E-state index contributed by atoms with van der Waals surface area (Å²) in [7, 11) is -3.62. The van der Waals surface area contributed by atoms with Crippen molar-refractivity contribution in [2.24, 2.45) is 0 Å². The van der Waals surface area contributed by atoms with Gasteiger partial charge in [0.15, 0.2) is 6.20 Å². The number of amides is 1. The molecule has 0 spiro atoms. The third kappa shape index (κ3) is 8.46. The highest BCUT2D eigenvalue weighted by Gasteiger charge is 2.28. The minimum absolute atomic E-state index is 0.227. The van der Waals surface area contributed by atoms with Gasteiger partial charge in [0.25, 0.3) is 5.91 Å². The van der Waals surface area contributed by atoms with Gasteiger partial charge in [0.05, 0.1) is 17.9 Å². The molecule has 10 nitrogen and oxygen atoms in total. The van der Waals surface area contributed by atoms with Crippen molar-refractivity contribution in [1.82, 2.24) is 10.2 Å². The molecule has 11 heteroatoms. The van der Waals surface area contributed by atoms with Gasteiger partial charge in [-0.1, -0.05) is 12.1 Å². The summed E-state index contributed by atoms with van der Waals surface area (Å²) in [5.74, 6) is 0.0355. The van der Waals surface area contributed by atoms with Crippen molar-refractivity contribution in [3.63, 3.8) is 0 Å². The second kappa shape index (κ2) is 13.9. The van der Waals surface area contributed by atoms with E-state index >= 15 is 0 Å². The summed E-state index contributed by atoms with van der Waals surface area (Å²) in [5, 5.41) is 24.3. The van der Waals surface area contributed by atoms with Crippen LogP contribution in [0.5, 0.6) is 5.75 Å². The third-order valence-corrected chi connectivity index (χ3v) is 8.50. The van der Waals surface area contributed by atoms with Gasteiger partial charge < -0.3 is 24.5 Å². The number of hydrogen-bond donors (Lipinski definition) is 1. The second-order valence-corrected chi connectivity index (χ2v) is 12.7. The number of aryl methyl sites for hydroxylation is 1. The van der Waals surface area contributed by atoms with Crippen LogP contribution in [0.3, 0.4) is 0 Å². The van der Waals surface area contributed by atoms with Crippen LogP contribution in [-0.2, 0) is 16.7 Å². The number of carbonyl (C=O) groups excluding carboxylic acids is 1. The average molecular weight is 606 g/mol. The average Bonchev–Trinajstić information content (AvgIpc) is 2.98. The van der Waals surface area contributed by atoms with Crippen molar-refractivity contribution in [1.29, 1.82) is 5.26 Å². The first-order chi connectivity index (χ1) is 20.4. The lowest BCUT2D eigenvalue weighted by Crippen LogP contribution is -2.48. The van der Waals surface area contributed by atoms with E-state index in [1.807, 2.05) is 37.3 Å². The van der Waals surface area contributed by atoms with Crippen LogP contribution in [0.2, 0.25) is 0 Å². The lowest BCUT2D eigenvalue weighted by atomic mass is 9.99. The number of anilines is 1. The van der Waals surface area contributed by atoms with Gasteiger partial charge in [-0.3, -0.25) is 4.79 Å². The molecule has 2 heterocycles. The lowest BCUT2D eigenvalue weighted by molar-refractivity contribution is -0.612. The number of benzene rings is 2. The molecule has 0 saturated carbocycles. The fourth-order valence-electron chi connectivity index (χ4n) is 5.65. The molecular formula is C32H39N5O5S. The largest absolute Gasteiger partial charge is 0.618 e. The summed E-state index contributed by atoms with van der Waals surface area (Å²) in [6.07, 6.45) is 5.06. The van der Waals surface area contributed by atoms with Crippen LogP contribution in [0.4, 0.5) is 5.69 Å². The van der Waals surface area contributed by atoms with Crippen LogP contribution in [0.25, 0.3) is 0 Å². The Morgan fingerprint density at radius 2 is 1.88 bits per heavy atom. The number of pyridine rings is 1. The molecule has 1 N–H and O–H groups in total. The Kier molecular flexibility index (Phi) is 10.3. The Morgan fingerprint density at radius 1 is 1.19 bits per heavy atom. The summed E-state index contributed by atoms with van der Waals surface area (Å²) in [6.45, 7) is 8.54. The highest BCUT2D eigenvalue weighted by molar-refractivity contribution is 7.86. The van der Waals surface area contributed by atoms with Gasteiger partial charge in [-0.15, -0.1) is 0 Å². The maximum atomic E-state index is 12.8. The summed E-state index contributed by atoms with van der Waals surface area (Å²) < 4.78 is 28.9. The van der Waals surface area contributed by atoms with E-state index in [2.05, 4.69) is 28.1 Å². The van der Waals surface area contributed by atoms with Gasteiger partial charge in [-0.05, 0) is 80.6 Å². The lowest BCUT2D eigenvalue weighted by Gasteiger charge is -2.42. The number of carbonyl (C=O) groups is 1. The van der Waals surface area contributed by atoms with Gasteiger partial charge in [-0.2, -0.15) is 18.4 Å².